The van der Waals surface area contributed by atoms with Crippen LogP contribution in [0.5, 0.6) is 0 Å². The van der Waals surface area contributed by atoms with Gasteiger partial charge in [-0.2, -0.15) is 5.48 Å². The summed E-state index contributed by atoms with van der Waals surface area (Å²) in [7, 11) is 0. The maximum Gasteiger partial charge on any atom is 0.0654 e. The van der Waals surface area contributed by atoms with Crippen molar-refractivity contribution in [1.29, 1.82) is 0 Å². The van der Waals surface area contributed by atoms with E-state index < -0.39 is 0 Å². The minimum absolute atomic E-state index is 0.320. The van der Waals surface area contributed by atoms with Crippen LogP contribution in [0.3, 0.4) is 0 Å². The van der Waals surface area contributed by atoms with E-state index in [0.717, 1.165) is 6.61 Å². The molecule has 0 spiro atoms. The van der Waals surface area contributed by atoms with Crippen LogP contribution in [0.2, 0.25) is 0 Å². The molecule has 0 aliphatic heterocycles. The first-order chi connectivity index (χ1) is 7.31. The van der Waals surface area contributed by atoms with Crippen molar-refractivity contribution < 1.29 is 4.84 Å². The Hall–Kier alpha value is -0.380. The fourth-order valence-corrected chi connectivity index (χ4v) is 3.24. The van der Waals surface area contributed by atoms with Crippen molar-refractivity contribution in [3.8, 4) is 0 Å². The maximum absolute atomic E-state index is 5.24. The van der Waals surface area contributed by atoms with Crippen molar-refractivity contribution in [2.24, 2.45) is 0 Å². The van der Waals surface area contributed by atoms with Crippen molar-refractivity contribution in [1.82, 2.24) is 5.48 Å². The fourth-order valence-electron chi connectivity index (χ4n) is 1.99. The van der Waals surface area contributed by atoms with Crippen molar-refractivity contribution >= 4 is 11.3 Å². The highest BCUT2D eigenvalue weighted by Gasteiger charge is 2.16. The molecule has 0 fully saturated rings. The second kappa shape index (κ2) is 5.10. The number of rotatable bonds is 4. The number of hydrogen-bond acceptors (Lipinski definition) is 3. The second-order valence-electron chi connectivity index (χ2n) is 4.08. The number of hydroxylamine groups is 1. The first-order valence-electron chi connectivity index (χ1n) is 5.80. The SMILES string of the molecule is CCONC(C)c1cc2c(s1)CCCC2. The first kappa shape index (κ1) is 11.1. The van der Waals surface area contributed by atoms with Crippen LogP contribution < -0.4 is 5.48 Å². The lowest BCUT2D eigenvalue weighted by molar-refractivity contribution is 0.0293. The molecular formula is C12H19NOS. The van der Waals surface area contributed by atoms with Gasteiger partial charge < -0.3 is 4.84 Å². The quantitative estimate of drug-likeness (QED) is 0.794. The molecule has 0 saturated carbocycles. The van der Waals surface area contributed by atoms with Crippen LogP contribution >= 0.6 is 11.3 Å². The molecule has 2 rings (SSSR count). The molecule has 2 nitrogen and oxygen atoms in total. The predicted molar refractivity (Wildman–Crippen MR) is 64.1 cm³/mol. The first-order valence-corrected chi connectivity index (χ1v) is 6.61. The monoisotopic (exact) mass is 225 g/mol. The third-order valence-electron chi connectivity index (χ3n) is 2.85. The average molecular weight is 225 g/mol. The Balaban J connectivity index is 2.05. The van der Waals surface area contributed by atoms with Gasteiger partial charge in [0.25, 0.3) is 0 Å². The van der Waals surface area contributed by atoms with Gasteiger partial charge in [-0.15, -0.1) is 11.3 Å². The summed E-state index contributed by atoms with van der Waals surface area (Å²) >= 11 is 1.95. The molecule has 0 radical (unpaired) electrons. The molecule has 0 saturated heterocycles. The lowest BCUT2D eigenvalue weighted by Crippen LogP contribution is -2.17. The molecular weight excluding hydrogens is 206 g/mol. The van der Waals surface area contributed by atoms with E-state index in [2.05, 4.69) is 18.5 Å². The highest BCUT2D eigenvalue weighted by molar-refractivity contribution is 7.12. The number of nitrogens with one attached hydrogen (secondary N) is 1. The van der Waals surface area contributed by atoms with Crippen LogP contribution in [0, 0.1) is 0 Å². The van der Waals surface area contributed by atoms with E-state index in [1.165, 1.54) is 30.6 Å². The van der Waals surface area contributed by atoms with Gasteiger partial charge in [0.05, 0.1) is 12.6 Å². The summed E-state index contributed by atoms with van der Waals surface area (Å²) in [6.07, 6.45) is 5.27. The van der Waals surface area contributed by atoms with Gasteiger partial charge in [0, 0.05) is 9.75 Å². The summed E-state index contributed by atoms with van der Waals surface area (Å²) in [6, 6.07) is 2.68. The van der Waals surface area contributed by atoms with Gasteiger partial charge in [0.15, 0.2) is 0 Å². The van der Waals surface area contributed by atoms with Gasteiger partial charge in [-0.25, -0.2) is 0 Å². The van der Waals surface area contributed by atoms with Crippen LogP contribution in [0.15, 0.2) is 6.07 Å². The van der Waals surface area contributed by atoms with E-state index in [-0.39, 0.29) is 0 Å². The van der Waals surface area contributed by atoms with Crippen molar-refractivity contribution in [2.75, 3.05) is 6.61 Å². The predicted octanol–water partition coefficient (Wildman–Crippen LogP) is 3.23. The van der Waals surface area contributed by atoms with E-state index in [1.807, 2.05) is 18.3 Å². The third-order valence-corrected chi connectivity index (χ3v) is 4.27. The summed E-state index contributed by atoms with van der Waals surface area (Å²) in [5.74, 6) is 0. The van der Waals surface area contributed by atoms with Crippen LogP contribution in [-0.2, 0) is 17.7 Å². The zero-order valence-corrected chi connectivity index (χ0v) is 10.3. The van der Waals surface area contributed by atoms with Crippen molar-refractivity contribution in [2.45, 2.75) is 45.6 Å². The van der Waals surface area contributed by atoms with E-state index in [4.69, 9.17) is 4.84 Å². The number of hydrogen-bond donors (Lipinski definition) is 1. The normalized spacial score (nSPS) is 17.5. The number of fused-ring (bicyclic) bond motifs is 1. The Morgan fingerprint density at radius 1 is 1.47 bits per heavy atom. The lowest BCUT2D eigenvalue weighted by Gasteiger charge is -2.10. The van der Waals surface area contributed by atoms with Crippen molar-refractivity contribution in [3.63, 3.8) is 0 Å². The fraction of sp³-hybridized carbons (Fsp3) is 0.667. The lowest BCUT2D eigenvalue weighted by atomic mass is 9.99. The molecule has 1 heterocycles. The standard InChI is InChI=1S/C12H19NOS/c1-3-14-13-9(2)12-8-10-6-4-5-7-11(10)15-12/h8-9,13H,3-7H2,1-2H3. The Bertz CT molecular complexity index is 298. The van der Waals surface area contributed by atoms with E-state index in [1.54, 1.807) is 10.4 Å². The van der Waals surface area contributed by atoms with Gasteiger partial charge in [0.1, 0.15) is 0 Å². The topological polar surface area (TPSA) is 21.3 Å². The molecule has 1 atom stereocenters. The van der Waals surface area contributed by atoms with Crippen LogP contribution in [0.25, 0.3) is 0 Å². The van der Waals surface area contributed by atoms with Gasteiger partial charge in [-0.05, 0) is 51.2 Å². The Kier molecular flexibility index (Phi) is 3.78. The second-order valence-corrected chi connectivity index (χ2v) is 5.25. The molecule has 0 amide bonds. The molecule has 3 heteroatoms. The van der Waals surface area contributed by atoms with Gasteiger partial charge in [-0.1, -0.05) is 0 Å². The summed E-state index contributed by atoms with van der Waals surface area (Å²) < 4.78 is 0. The smallest absolute Gasteiger partial charge is 0.0654 e. The molecule has 1 aromatic rings. The van der Waals surface area contributed by atoms with E-state index >= 15 is 0 Å². The summed E-state index contributed by atoms with van der Waals surface area (Å²) in [5, 5.41) is 0. The van der Waals surface area contributed by atoms with Crippen LogP contribution in [0.1, 0.15) is 48.0 Å². The van der Waals surface area contributed by atoms with Crippen LogP contribution in [0.4, 0.5) is 0 Å². The van der Waals surface area contributed by atoms with Crippen molar-refractivity contribution in [3.05, 3.63) is 21.4 Å². The Morgan fingerprint density at radius 3 is 3.00 bits per heavy atom. The zero-order chi connectivity index (χ0) is 10.7. The van der Waals surface area contributed by atoms with Gasteiger partial charge in [0.2, 0.25) is 0 Å². The molecule has 0 bridgehead atoms. The highest BCUT2D eigenvalue weighted by atomic mass is 32.1. The molecule has 15 heavy (non-hydrogen) atoms. The van der Waals surface area contributed by atoms with E-state index in [0.29, 0.717) is 6.04 Å². The third kappa shape index (κ3) is 2.60. The minimum atomic E-state index is 0.320. The number of thiophene rings is 1. The Morgan fingerprint density at radius 2 is 2.27 bits per heavy atom. The summed E-state index contributed by atoms with van der Waals surface area (Å²) in [4.78, 5) is 8.25. The molecule has 1 aromatic heterocycles. The Labute approximate surface area is 95.6 Å². The molecule has 1 N–H and O–H groups in total. The zero-order valence-electron chi connectivity index (χ0n) is 9.51. The number of aryl methyl sites for hydroxylation is 2. The van der Waals surface area contributed by atoms with Crippen LogP contribution in [-0.4, -0.2) is 6.61 Å². The minimum Gasteiger partial charge on any atom is -0.301 e. The van der Waals surface area contributed by atoms with Gasteiger partial charge in [-0.3, -0.25) is 0 Å². The highest BCUT2D eigenvalue weighted by Crippen LogP contribution is 2.32. The molecule has 0 aromatic carbocycles. The molecule has 1 unspecified atom stereocenters. The van der Waals surface area contributed by atoms with Gasteiger partial charge >= 0.3 is 0 Å². The summed E-state index contributed by atoms with van der Waals surface area (Å²) in [5.41, 5.74) is 4.64. The summed E-state index contributed by atoms with van der Waals surface area (Å²) in [6.45, 7) is 4.88. The average Bonchev–Trinajstić information content (AvgIpc) is 2.69. The van der Waals surface area contributed by atoms with E-state index in [9.17, 15) is 0 Å². The molecule has 84 valence electrons. The molecule has 1 aliphatic rings. The maximum atomic E-state index is 5.24. The largest absolute Gasteiger partial charge is 0.301 e. The molecule has 1 aliphatic carbocycles.